The quantitative estimate of drug-likeness (QED) is 0.750. The maximum atomic E-state index is 10.2. The Hall–Kier alpha value is -2.81. The smallest absolute Gasteiger partial charge is 0.343 e. The number of nitrogens with one attached hydrogen (secondary N) is 1. The van der Waals surface area contributed by atoms with Crippen LogP contribution in [-0.4, -0.2) is 38.2 Å². The summed E-state index contributed by atoms with van der Waals surface area (Å²) < 4.78 is 22.8. The van der Waals surface area contributed by atoms with E-state index in [2.05, 4.69) is 17.1 Å². The molecule has 0 unspecified atom stereocenters. The predicted molar refractivity (Wildman–Crippen MR) is 92.4 cm³/mol. The number of amidine groups is 1. The van der Waals surface area contributed by atoms with Gasteiger partial charge in [-0.2, -0.15) is 10.5 Å². The molecule has 3 N–H and O–H groups in total. The molecule has 0 amide bonds. The fraction of sp³-hybridized carbons (Fsp3) is 0.526. The molecule has 1 aromatic rings. The van der Waals surface area contributed by atoms with E-state index in [1.807, 2.05) is 19.9 Å². The third-order valence-corrected chi connectivity index (χ3v) is 5.71. The van der Waals surface area contributed by atoms with Crippen LogP contribution in [0, 0.1) is 33.5 Å². The summed E-state index contributed by atoms with van der Waals surface area (Å²) in [6.07, 6.45) is -0.221. The molecule has 2 aliphatic heterocycles. The number of methoxy groups -OCH3 is 1. The molecule has 1 aromatic carbocycles. The van der Waals surface area contributed by atoms with Crippen molar-refractivity contribution in [2.24, 2.45) is 16.6 Å². The van der Waals surface area contributed by atoms with Gasteiger partial charge in [-0.3, -0.25) is 5.73 Å². The van der Waals surface area contributed by atoms with E-state index in [0.717, 1.165) is 5.56 Å². The van der Waals surface area contributed by atoms with Crippen LogP contribution in [0.2, 0.25) is 0 Å². The minimum Gasteiger partial charge on any atom is -0.493 e. The summed E-state index contributed by atoms with van der Waals surface area (Å²) in [5.74, 6) is -0.631. The van der Waals surface area contributed by atoms with Crippen molar-refractivity contribution in [3.63, 3.8) is 0 Å². The standard InChI is InChI=1S/C19H20N4O4/c1-4-25-13-6-5-12(7-14(13)24-3)15-17(9-20)16(22)23-19(18(15,17)10-21)26-8-11(2)27-19/h5-7,11,15H,4,8H2,1-3H3,(H2,22,23)/p+1/t11-,15+,17+,18+,19+/m0/s1. The second kappa shape index (κ2) is 5.59. The van der Waals surface area contributed by atoms with Crippen molar-refractivity contribution in [1.82, 2.24) is 0 Å². The first-order valence-corrected chi connectivity index (χ1v) is 8.82. The Labute approximate surface area is 157 Å². The Bertz CT molecular complexity index is 919. The first kappa shape index (κ1) is 17.6. The second-order valence-electron chi connectivity index (χ2n) is 7.01. The van der Waals surface area contributed by atoms with Crippen molar-refractivity contribution in [1.29, 1.82) is 10.5 Å². The lowest BCUT2D eigenvalue weighted by molar-refractivity contribution is -0.677. The van der Waals surface area contributed by atoms with Crippen LogP contribution in [0.25, 0.3) is 0 Å². The third kappa shape index (κ3) is 1.84. The fourth-order valence-electron chi connectivity index (χ4n) is 4.60. The van der Waals surface area contributed by atoms with Crippen molar-refractivity contribution < 1.29 is 23.9 Å². The molecule has 1 aliphatic carbocycles. The van der Waals surface area contributed by atoms with Gasteiger partial charge in [0, 0.05) is 5.92 Å². The maximum Gasteiger partial charge on any atom is 0.343 e. The molecule has 4 rings (SSSR count). The molecular formula is C19H21N4O4+. The lowest BCUT2D eigenvalue weighted by atomic mass is 9.94. The Morgan fingerprint density at radius 3 is 2.67 bits per heavy atom. The van der Waals surface area contributed by atoms with Crippen LogP contribution in [0.4, 0.5) is 0 Å². The van der Waals surface area contributed by atoms with Gasteiger partial charge in [0.25, 0.3) is 5.84 Å². The molecule has 5 atom stereocenters. The monoisotopic (exact) mass is 369 g/mol. The average molecular weight is 369 g/mol. The summed E-state index contributed by atoms with van der Waals surface area (Å²) in [5.41, 5.74) is 4.43. The van der Waals surface area contributed by atoms with Crippen molar-refractivity contribution in [2.75, 3.05) is 20.3 Å². The summed E-state index contributed by atoms with van der Waals surface area (Å²) in [6.45, 7) is 4.54. The zero-order valence-corrected chi connectivity index (χ0v) is 15.4. The number of ether oxygens (including phenoxy) is 4. The van der Waals surface area contributed by atoms with Gasteiger partial charge in [-0.1, -0.05) is 6.07 Å². The van der Waals surface area contributed by atoms with Crippen LogP contribution in [0.1, 0.15) is 25.3 Å². The summed E-state index contributed by atoms with van der Waals surface area (Å²) in [5, 5.41) is 20.2. The summed E-state index contributed by atoms with van der Waals surface area (Å²) in [7, 11) is 1.55. The first-order chi connectivity index (χ1) is 13.0. The van der Waals surface area contributed by atoms with E-state index in [-0.39, 0.29) is 11.9 Å². The van der Waals surface area contributed by atoms with E-state index in [4.69, 9.17) is 24.7 Å². The fourth-order valence-corrected chi connectivity index (χ4v) is 4.60. The topological polar surface area (TPSA) is 124 Å². The maximum absolute atomic E-state index is 10.2. The SMILES string of the molecule is CCOc1ccc([C@H]2[C@@]3(C#N)[C@@]4([NH+]=C(N)[C@@]23C#N)OC[C@H](C)O4)cc1OC. The van der Waals surface area contributed by atoms with Gasteiger partial charge in [-0.05, 0) is 31.5 Å². The lowest BCUT2D eigenvalue weighted by Gasteiger charge is -2.24. The van der Waals surface area contributed by atoms with Crippen molar-refractivity contribution in [3.8, 4) is 23.6 Å². The number of nitrogens with zero attached hydrogens (tertiary/aromatic N) is 2. The molecule has 8 heteroatoms. The van der Waals surface area contributed by atoms with E-state index in [0.29, 0.717) is 24.7 Å². The van der Waals surface area contributed by atoms with E-state index < -0.39 is 22.7 Å². The van der Waals surface area contributed by atoms with E-state index in [1.165, 1.54) is 0 Å². The van der Waals surface area contributed by atoms with Crippen molar-refractivity contribution >= 4 is 5.84 Å². The first-order valence-electron chi connectivity index (χ1n) is 8.82. The highest BCUT2D eigenvalue weighted by Gasteiger charge is 2.97. The third-order valence-electron chi connectivity index (χ3n) is 5.71. The number of benzene rings is 1. The van der Waals surface area contributed by atoms with Gasteiger partial charge in [-0.25, -0.2) is 4.99 Å². The van der Waals surface area contributed by atoms with Crippen LogP contribution in [-0.2, 0) is 9.47 Å². The largest absolute Gasteiger partial charge is 0.493 e. The average Bonchev–Trinajstić information content (AvgIpc) is 3.06. The summed E-state index contributed by atoms with van der Waals surface area (Å²) >= 11 is 0. The molecular weight excluding hydrogens is 348 g/mol. The minimum absolute atomic E-state index is 0.193. The Morgan fingerprint density at radius 2 is 2.11 bits per heavy atom. The highest BCUT2D eigenvalue weighted by Crippen LogP contribution is 2.79. The molecule has 27 heavy (non-hydrogen) atoms. The number of hydrogen-bond donors (Lipinski definition) is 2. The molecule has 1 spiro atoms. The Morgan fingerprint density at radius 1 is 1.33 bits per heavy atom. The van der Waals surface area contributed by atoms with Gasteiger partial charge in [-0.15, -0.1) is 0 Å². The number of hydrogen-bond acceptors (Lipinski definition) is 7. The number of nitrogens with two attached hydrogens (primary N) is 1. The molecule has 140 valence electrons. The second-order valence-corrected chi connectivity index (χ2v) is 7.01. The molecule has 1 saturated carbocycles. The predicted octanol–water partition coefficient (Wildman–Crippen LogP) is -0.248. The van der Waals surface area contributed by atoms with Crippen LogP contribution in [0.5, 0.6) is 11.5 Å². The van der Waals surface area contributed by atoms with E-state index in [9.17, 15) is 10.5 Å². The van der Waals surface area contributed by atoms with Crippen LogP contribution in [0.3, 0.4) is 0 Å². The van der Waals surface area contributed by atoms with Gasteiger partial charge in [0.1, 0.15) is 0 Å². The van der Waals surface area contributed by atoms with Crippen molar-refractivity contribution in [3.05, 3.63) is 23.8 Å². The molecule has 0 aromatic heterocycles. The van der Waals surface area contributed by atoms with Crippen LogP contribution < -0.4 is 20.2 Å². The van der Waals surface area contributed by atoms with E-state index in [1.54, 1.807) is 19.2 Å². The van der Waals surface area contributed by atoms with Gasteiger partial charge < -0.3 is 18.9 Å². The van der Waals surface area contributed by atoms with Gasteiger partial charge >= 0.3 is 5.91 Å². The molecule has 3 aliphatic rings. The van der Waals surface area contributed by atoms with Gasteiger partial charge in [0.05, 0.1) is 38.6 Å². The van der Waals surface area contributed by atoms with Gasteiger partial charge in [0.15, 0.2) is 22.3 Å². The molecule has 0 radical (unpaired) electrons. The summed E-state index contributed by atoms with van der Waals surface area (Å²) in [4.78, 5) is 2.95. The highest BCUT2D eigenvalue weighted by atomic mass is 16.8. The molecule has 2 heterocycles. The van der Waals surface area contributed by atoms with Crippen LogP contribution >= 0.6 is 0 Å². The Balaban J connectivity index is 1.85. The zero-order valence-electron chi connectivity index (χ0n) is 15.4. The van der Waals surface area contributed by atoms with E-state index >= 15 is 0 Å². The molecule has 2 fully saturated rings. The van der Waals surface area contributed by atoms with Gasteiger partial charge in [0.2, 0.25) is 0 Å². The summed E-state index contributed by atoms with van der Waals surface area (Å²) in [6, 6.07) is 9.96. The molecule has 1 saturated heterocycles. The number of fused-ring (bicyclic) bond motifs is 2. The minimum atomic E-state index is -1.43. The van der Waals surface area contributed by atoms with Crippen molar-refractivity contribution in [2.45, 2.75) is 31.8 Å². The molecule has 8 nitrogen and oxygen atoms in total. The zero-order chi connectivity index (χ0) is 19.4. The normalized spacial score (nSPS) is 38.6. The van der Waals surface area contributed by atoms with Crippen LogP contribution in [0.15, 0.2) is 18.2 Å². The lowest BCUT2D eigenvalue weighted by Crippen LogP contribution is -2.90. The Kier molecular flexibility index (Phi) is 3.64. The highest BCUT2D eigenvalue weighted by molar-refractivity contribution is 5.95. The number of rotatable bonds is 4. The number of nitriles is 2. The molecule has 0 bridgehead atoms.